The van der Waals surface area contributed by atoms with Crippen LogP contribution in [0.1, 0.15) is 46.1 Å². The first kappa shape index (κ1) is 18.2. The van der Waals surface area contributed by atoms with Crippen molar-refractivity contribution >= 4 is 0 Å². The summed E-state index contributed by atoms with van der Waals surface area (Å²) in [6.07, 6.45) is 2.80. The molecule has 1 aromatic rings. The van der Waals surface area contributed by atoms with Crippen molar-refractivity contribution in [2.24, 2.45) is 5.92 Å². The Kier molecular flexibility index (Phi) is 6.06. The molecule has 0 bridgehead atoms. The third-order valence-electron chi connectivity index (χ3n) is 5.14. The zero-order chi connectivity index (χ0) is 17.0. The number of hydrogen-bond acceptors (Lipinski definition) is 4. The quantitative estimate of drug-likeness (QED) is 0.844. The first-order valence-corrected chi connectivity index (χ1v) is 8.70. The van der Waals surface area contributed by atoms with Gasteiger partial charge in [0.05, 0.1) is 18.4 Å². The van der Waals surface area contributed by atoms with E-state index in [-0.39, 0.29) is 5.60 Å². The van der Waals surface area contributed by atoms with E-state index in [0.29, 0.717) is 18.0 Å². The number of phenols is 1. The van der Waals surface area contributed by atoms with Crippen LogP contribution in [-0.4, -0.2) is 42.4 Å². The number of benzene rings is 1. The minimum atomic E-state index is -0.358. The molecule has 1 fully saturated rings. The Bertz CT molecular complexity index is 487. The van der Waals surface area contributed by atoms with E-state index in [1.807, 2.05) is 19.2 Å². The summed E-state index contributed by atoms with van der Waals surface area (Å²) >= 11 is 0. The van der Waals surface area contributed by atoms with Crippen molar-refractivity contribution in [1.29, 1.82) is 0 Å². The predicted octanol–water partition coefficient (Wildman–Crippen LogP) is 3.31. The Labute approximate surface area is 140 Å². The van der Waals surface area contributed by atoms with Crippen LogP contribution < -0.4 is 5.32 Å². The minimum Gasteiger partial charge on any atom is -0.508 e. The fraction of sp³-hybridized carbons (Fsp3) is 0.684. The maximum atomic E-state index is 9.45. The van der Waals surface area contributed by atoms with E-state index >= 15 is 0 Å². The van der Waals surface area contributed by atoms with Crippen LogP contribution in [-0.2, 0) is 10.3 Å². The molecule has 23 heavy (non-hydrogen) atoms. The molecule has 1 saturated heterocycles. The zero-order valence-electron chi connectivity index (χ0n) is 15.2. The van der Waals surface area contributed by atoms with Crippen LogP contribution in [0.4, 0.5) is 0 Å². The first-order chi connectivity index (χ1) is 10.8. The highest BCUT2D eigenvalue weighted by Crippen LogP contribution is 2.29. The number of aromatic hydroxyl groups is 1. The van der Waals surface area contributed by atoms with E-state index in [1.165, 1.54) is 12.8 Å². The van der Waals surface area contributed by atoms with Gasteiger partial charge in [-0.05, 0) is 64.3 Å². The molecular weight excluding hydrogens is 288 g/mol. The molecule has 0 radical (unpaired) electrons. The number of ether oxygens (including phenoxy) is 1. The summed E-state index contributed by atoms with van der Waals surface area (Å²) in [6.45, 7) is 10.6. The maximum absolute atomic E-state index is 9.45. The molecule has 2 rings (SSSR count). The Morgan fingerprint density at radius 2 is 2.00 bits per heavy atom. The lowest BCUT2D eigenvalue weighted by Crippen LogP contribution is -2.53. The molecule has 0 aromatic heterocycles. The normalized spacial score (nSPS) is 24.6. The van der Waals surface area contributed by atoms with Gasteiger partial charge in [0.25, 0.3) is 0 Å². The molecule has 1 heterocycles. The number of hydrogen-bond donors (Lipinski definition) is 2. The molecule has 3 unspecified atom stereocenters. The number of piperidine rings is 1. The number of rotatable bonds is 6. The number of phenolic OH excluding ortho intramolecular Hbond substituents is 1. The highest BCUT2D eigenvalue weighted by molar-refractivity contribution is 5.29. The van der Waals surface area contributed by atoms with Crippen LogP contribution in [0.2, 0.25) is 0 Å². The zero-order valence-corrected chi connectivity index (χ0v) is 15.2. The monoisotopic (exact) mass is 320 g/mol. The lowest BCUT2D eigenvalue weighted by Gasteiger charge is -2.43. The van der Waals surface area contributed by atoms with Gasteiger partial charge in [-0.1, -0.05) is 19.1 Å². The van der Waals surface area contributed by atoms with Crippen LogP contribution in [0.15, 0.2) is 24.3 Å². The van der Waals surface area contributed by atoms with Crippen LogP contribution in [0, 0.1) is 5.92 Å². The Balaban J connectivity index is 2.02. The summed E-state index contributed by atoms with van der Waals surface area (Å²) < 4.78 is 6.32. The highest BCUT2D eigenvalue weighted by Gasteiger charge is 2.31. The molecule has 1 aliphatic rings. The van der Waals surface area contributed by atoms with Gasteiger partial charge in [-0.25, -0.2) is 0 Å². The summed E-state index contributed by atoms with van der Waals surface area (Å²) in [5, 5.41) is 12.8. The van der Waals surface area contributed by atoms with Crippen molar-refractivity contribution in [2.75, 3.05) is 20.2 Å². The SMILES string of the molecule is CNC(C)N1CCC(C)CC1COC(C)(C)c1ccc(O)cc1. The molecule has 130 valence electrons. The third-order valence-corrected chi connectivity index (χ3v) is 5.14. The largest absolute Gasteiger partial charge is 0.508 e. The van der Waals surface area contributed by atoms with Crippen LogP contribution in [0.5, 0.6) is 5.75 Å². The van der Waals surface area contributed by atoms with Gasteiger partial charge in [0, 0.05) is 12.6 Å². The number of nitrogens with zero attached hydrogens (tertiary/aromatic N) is 1. The predicted molar refractivity (Wildman–Crippen MR) is 94.5 cm³/mol. The van der Waals surface area contributed by atoms with Gasteiger partial charge in [-0.3, -0.25) is 4.90 Å². The fourth-order valence-electron chi connectivity index (χ4n) is 3.36. The van der Waals surface area contributed by atoms with E-state index in [9.17, 15) is 5.11 Å². The molecule has 2 N–H and O–H groups in total. The standard InChI is InChI=1S/C19H32N2O2/c1-14-10-11-21(15(2)20-5)17(12-14)13-23-19(3,4)16-6-8-18(22)9-7-16/h6-9,14-15,17,20,22H,10-13H2,1-5H3. The van der Waals surface area contributed by atoms with Crippen molar-refractivity contribution in [1.82, 2.24) is 10.2 Å². The third kappa shape index (κ3) is 4.69. The van der Waals surface area contributed by atoms with Crippen molar-refractivity contribution < 1.29 is 9.84 Å². The molecule has 3 atom stereocenters. The van der Waals surface area contributed by atoms with Crippen molar-refractivity contribution in [2.45, 2.75) is 58.3 Å². The molecular formula is C19H32N2O2. The number of likely N-dealkylation sites (tertiary alicyclic amines) is 1. The van der Waals surface area contributed by atoms with Gasteiger partial charge >= 0.3 is 0 Å². The van der Waals surface area contributed by atoms with Gasteiger partial charge in [-0.2, -0.15) is 0 Å². The second-order valence-electron chi connectivity index (χ2n) is 7.35. The van der Waals surface area contributed by atoms with Crippen molar-refractivity contribution in [3.8, 4) is 5.75 Å². The average Bonchev–Trinajstić information content (AvgIpc) is 2.53. The Morgan fingerprint density at radius 3 is 2.61 bits per heavy atom. The second kappa shape index (κ2) is 7.65. The minimum absolute atomic E-state index is 0.291. The maximum Gasteiger partial charge on any atom is 0.115 e. The molecule has 1 aromatic carbocycles. The van der Waals surface area contributed by atoms with E-state index in [1.54, 1.807) is 12.1 Å². The molecule has 0 spiro atoms. The average molecular weight is 320 g/mol. The lowest BCUT2D eigenvalue weighted by molar-refractivity contribution is -0.0706. The van der Waals surface area contributed by atoms with Crippen LogP contribution >= 0.6 is 0 Å². The summed E-state index contributed by atoms with van der Waals surface area (Å²) in [4.78, 5) is 2.52. The van der Waals surface area contributed by atoms with E-state index < -0.39 is 0 Å². The molecule has 0 saturated carbocycles. The smallest absolute Gasteiger partial charge is 0.115 e. The summed E-state index contributed by atoms with van der Waals surface area (Å²) in [7, 11) is 2.01. The summed E-state index contributed by atoms with van der Waals surface area (Å²) in [6, 6.07) is 7.76. The topological polar surface area (TPSA) is 44.7 Å². The van der Waals surface area contributed by atoms with Crippen LogP contribution in [0.25, 0.3) is 0 Å². The van der Waals surface area contributed by atoms with E-state index in [4.69, 9.17) is 4.74 Å². The Hall–Kier alpha value is -1.10. The van der Waals surface area contributed by atoms with E-state index in [2.05, 4.69) is 37.9 Å². The molecule has 1 aliphatic heterocycles. The summed E-state index contributed by atoms with van der Waals surface area (Å²) in [5.41, 5.74) is 0.732. The second-order valence-corrected chi connectivity index (χ2v) is 7.35. The fourth-order valence-corrected chi connectivity index (χ4v) is 3.36. The van der Waals surface area contributed by atoms with E-state index in [0.717, 1.165) is 24.6 Å². The van der Waals surface area contributed by atoms with Gasteiger partial charge < -0.3 is 15.2 Å². The van der Waals surface area contributed by atoms with Crippen LogP contribution in [0.3, 0.4) is 0 Å². The van der Waals surface area contributed by atoms with Gasteiger partial charge in [0.15, 0.2) is 0 Å². The molecule has 0 amide bonds. The molecule has 4 heteroatoms. The van der Waals surface area contributed by atoms with Crippen molar-refractivity contribution in [3.63, 3.8) is 0 Å². The van der Waals surface area contributed by atoms with Crippen molar-refractivity contribution in [3.05, 3.63) is 29.8 Å². The van der Waals surface area contributed by atoms with Gasteiger partial charge in [-0.15, -0.1) is 0 Å². The lowest BCUT2D eigenvalue weighted by atomic mass is 9.92. The number of nitrogens with one attached hydrogen (secondary N) is 1. The first-order valence-electron chi connectivity index (χ1n) is 8.70. The Morgan fingerprint density at radius 1 is 1.35 bits per heavy atom. The highest BCUT2D eigenvalue weighted by atomic mass is 16.5. The summed E-state index contributed by atoms with van der Waals surface area (Å²) in [5.74, 6) is 1.04. The van der Waals surface area contributed by atoms with Gasteiger partial charge in [0.1, 0.15) is 5.75 Å². The molecule has 4 nitrogen and oxygen atoms in total. The molecule has 0 aliphatic carbocycles. The van der Waals surface area contributed by atoms with Gasteiger partial charge in [0.2, 0.25) is 0 Å².